The Bertz CT molecular complexity index is 387. The number of likely N-dealkylation sites (N-methyl/N-ethyl adjacent to an activating group) is 1. The molecule has 0 radical (unpaired) electrons. The van der Waals surface area contributed by atoms with Crippen molar-refractivity contribution in [3.8, 4) is 0 Å². The molecule has 0 aliphatic carbocycles. The van der Waals surface area contributed by atoms with Crippen molar-refractivity contribution in [2.45, 2.75) is 13.5 Å². The van der Waals surface area contributed by atoms with E-state index in [1.54, 1.807) is 13.1 Å². The lowest BCUT2D eigenvalue weighted by molar-refractivity contribution is -0.118. The minimum absolute atomic E-state index is 0.133. The van der Waals surface area contributed by atoms with Gasteiger partial charge in [-0.2, -0.15) is 0 Å². The first-order chi connectivity index (χ1) is 8.15. The number of ether oxygens (including phenoxy) is 1. The number of rotatable bonds is 6. The summed E-state index contributed by atoms with van der Waals surface area (Å²) in [6.07, 6.45) is 0. The van der Waals surface area contributed by atoms with Gasteiger partial charge in [-0.25, -0.2) is 9.97 Å². The zero-order valence-electron chi connectivity index (χ0n) is 9.79. The monoisotopic (exact) mass is 258 g/mol. The van der Waals surface area contributed by atoms with Crippen LogP contribution >= 0.6 is 11.6 Å². The number of carbonyl (C=O) groups is 1. The first-order valence-electron chi connectivity index (χ1n) is 5.21. The molecule has 1 aromatic rings. The van der Waals surface area contributed by atoms with Crippen LogP contribution in [0.15, 0.2) is 6.07 Å². The topological polar surface area (TPSA) is 76.1 Å². The summed E-state index contributed by atoms with van der Waals surface area (Å²) >= 11 is 5.83. The Morgan fingerprint density at radius 2 is 2.29 bits per heavy atom. The van der Waals surface area contributed by atoms with Crippen LogP contribution in [0.1, 0.15) is 12.7 Å². The van der Waals surface area contributed by atoms with E-state index in [2.05, 4.69) is 20.6 Å². The van der Waals surface area contributed by atoms with Gasteiger partial charge in [0, 0.05) is 19.7 Å². The number of carbonyl (C=O) groups excluding carboxylic acids is 1. The summed E-state index contributed by atoms with van der Waals surface area (Å²) in [4.78, 5) is 19.2. The number of halogens is 1. The molecular weight excluding hydrogens is 244 g/mol. The number of aromatic nitrogens is 2. The van der Waals surface area contributed by atoms with E-state index in [1.165, 1.54) is 0 Å². The van der Waals surface area contributed by atoms with Crippen LogP contribution in [0.4, 0.5) is 5.82 Å². The molecule has 0 aliphatic rings. The molecule has 1 rings (SSSR count). The van der Waals surface area contributed by atoms with Crippen molar-refractivity contribution >= 4 is 23.3 Å². The fourth-order valence-corrected chi connectivity index (χ4v) is 1.27. The maximum absolute atomic E-state index is 11.1. The van der Waals surface area contributed by atoms with Gasteiger partial charge in [0.05, 0.1) is 6.54 Å². The number of amides is 1. The molecule has 0 unspecified atom stereocenters. The second-order valence-electron chi connectivity index (χ2n) is 3.16. The van der Waals surface area contributed by atoms with E-state index in [-0.39, 0.29) is 12.5 Å². The Hall–Kier alpha value is -1.40. The third kappa shape index (κ3) is 4.97. The van der Waals surface area contributed by atoms with Gasteiger partial charge in [-0.1, -0.05) is 11.6 Å². The van der Waals surface area contributed by atoms with Crippen LogP contribution < -0.4 is 10.6 Å². The standard InChI is InChI=1S/C10H15ClN4O2/c1-3-17-6-9-14-7(11)4-8(15-9)13-5-10(16)12-2/h4H,3,5-6H2,1-2H3,(H,12,16)(H,13,14,15). The average molecular weight is 259 g/mol. The van der Waals surface area contributed by atoms with Crippen molar-refractivity contribution in [3.05, 3.63) is 17.0 Å². The highest BCUT2D eigenvalue weighted by Crippen LogP contribution is 2.11. The van der Waals surface area contributed by atoms with Gasteiger partial charge in [0.2, 0.25) is 5.91 Å². The molecule has 0 fully saturated rings. The quantitative estimate of drug-likeness (QED) is 0.739. The van der Waals surface area contributed by atoms with E-state index in [0.29, 0.717) is 30.0 Å². The minimum Gasteiger partial charge on any atom is -0.374 e. The molecule has 0 saturated carbocycles. The molecular formula is C10H15ClN4O2. The molecule has 2 N–H and O–H groups in total. The van der Waals surface area contributed by atoms with Crippen LogP contribution in [0.2, 0.25) is 5.15 Å². The van der Waals surface area contributed by atoms with Crippen molar-refractivity contribution < 1.29 is 9.53 Å². The Kier molecular flexibility index (Phi) is 5.65. The zero-order chi connectivity index (χ0) is 12.7. The third-order valence-electron chi connectivity index (χ3n) is 1.89. The number of nitrogens with one attached hydrogen (secondary N) is 2. The number of hydrogen-bond acceptors (Lipinski definition) is 5. The molecule has 7 heteroatoms. The maximum Gasteiger partial charge on any atom is 0.239 e. The average Bonchev–Trinajstić information content (AvgIpc) is 2.32. The van der Waals surface area contributed by atoms with Crippen molar-refractivity contribution in [3.63, 3.8) is 0 Å². The lowest BCUT2D eigenvalue weighted by Gasteiger charge is -2.07. The largest absolute Gasteiger partial charge is 0.374 e. The smallest absolute Gasteiger partial charge is 0.239 e. The fraction of sp³-hybridized carbons (Fsp3) is 0.500. The third-order valence-corrected chi connectivity index (χ3v) is 2.08. The molecule has 0 saturated heterocycles. The fourth-order valence-electron chi connectivity index (χ4n) is 1.07. The summed E-state index contributed by atoms with van der Waals surface area (Å²) in [5.74, 6) is 0.855. The molecule has 6 nitrogen and oxygen atoms in total. The molecule has 0 bridgehead atoms. The maximum atomic E-state index is 11.1. The van der Waals surface area contributed by atoms with Crippen molar-refractivity contribution in [1.29, 1.82) is 0 Å². The van der Waals surface area contributed by atoms with Gasteiger partial charge >= 0.3 is 0 Å². The SMILES string of the molecule is CCOCc1nc(Cl)cc(NCC(=O)NC)n1. The van der Waals surface area contributed by atoms with Crippen LogP contribution in [0.5, 0.6) is 0 Å². The highest BCUT2D eigenvalue weighted by Gasteiger charge is 2.04. The summed E-state index contributed by atoms with van der Waals surface area (Å²) in [6.45, 7) is 2.90. The first-order valence-corrected chi connectivity index (χ1v) is 5.59. The Labute approximate surface area is 105 Å². The molecule has 1 heterocycles. The minimum atomic E-state index is -0.133. The van der Waals surface area contributed by atoms with E-state index >= 15 is 0 Å². The highest BCUT2D eigenvalue weighted by molar-refractivity contribution is 6.29. The molecule has 17 heavy (non-hydrogen) atoms. The lowest BCUT2D eigenvalue weighted by Crippen LogP contribution is -2.26. The van der Waals surface area contributed by atoms with Crippen LogP contribution in [-0.2, 0) is 16.1 Å². The summed E-state index contributed by atoms with van der Waals surface area (Å²) in [6, 6.07) is 1.56. The second kappa shape index (κ2) is 7.03. The highest BCUT2D eigenvalue weighted by atomic mass is 35.5. The van der Waals surface area contributed by atoms with Gasteiger partial charge in [0.1, 0.15) is 17.6 Å². The van der Waals surface area contributed by atoms with E-state index in [9.17, 15) is 4.79 Å². The van der Waals surface area contributed by atoms with Gasteiger partial charge < -0.3 is 15.4 Å². The summed E-state index contributed by atoms with van der Waals surface area (Å²) in [5.41, 5.74) is 0. The van der Waals surface area contributed by atoms with Crippen molar-refractivity contribution in [2.75, 3.05) is 25.5 Å². The molecule has 0 atom stereocenters. The predicted molar refractivity (Wildman–Crippen MR) is 64.9 cm³/mol. The Morgan fingerprint density at radius 1 is 1.53 bits per heavy atom. The molecule has 1 amide bonds. The van der Waals surface area contributed by atoms with E-state index in [4.69, 9.17) is 16.3 Å². The number of nitrogens with zero attached hydrogens (tertiary/aromatic N) is 2. The normalized spacial score (nSPS) is 10.1. The van der Waals surface area contributed by atoms with Crippen molar-refractivity contribution in [1.82, 2.24) is 15.3 Å². The zero-order valence-corrected chi connectivity index (χ0v) is 10.5. The van der Waals surface area contributed by atoms with Gasteiger partial charge in [-0.15, -0.1) is 0 Å². The number of anilines is 1. The van der Waals surface area contributed by atoms with Gasteiger partial charge in [-0.05, 0) is 6.92 Å². The van der Waals surface area contributed by atoms with Crippen LogP contribution in [0.3, 0.4) is 0 Å². The summed E-state index contributed by atoms with van der Waals surface area (Å²) in [7, 11) is 1.57. The number of hydrogen-bond donors (Lipinski definition) is 2. The molecule has 1 aromatic heterocycles. The van der Waals surface area contributed by atoms with E-state index in [1.807, 2.05) is 6.92 Å². The summed E-state index contributed by atoms with van der Waals surface area (Å²) < 4.78 is 5.19. The van der Waals surface area contributed by atoms with Crippen molar-refractivity contribution in [2.24, 2.45) is 0 Å². The molecule has 94 valence electrons. The van der Waals surface area contributed by atoms with Gasteiger partial charge in [0.25, 0.3) is 0 Å². The Morgan fingerprint density at radius 3 is 2.94 bits per heavy atom. The van der Waals surface area contributed by atoms with E-state index in [0.717, 1.165) is 0 Å². The molecule has 0 aliphatic heterocycles. The van der Waals surface area contributed by atoms with E-state index < -0.39 is 0 Å². The molecule has 0 aromatic carbocycles. The summed E-state index contributed by atoms with van der Waals surface area (Å²) in [5, 5.41) is 5.66. The van der Waals surface area contributed by atoms with Crippen LogP contribution in [0.25, 0.3) is 0 Å². The predicted octanol–water partition coefficient (Wildman–Crippen LogP) is 0.824. The van der Waals surface area contributed by atoms with Crippen LogP contribution in [0, 0.1) is 0 Å². The lowest BCUT2D eigenvalue weighted by atomic mass is 10.5. The van der Waals surface area contributed by atoms with Gasteiger partial charge in [-0.3, -0.25) is 4.79 Å². The second-order valence-corrected chi connectivity index (χ2v) is 3.54. The van der Waals surface area contributed by atoms with Gasteiger partial charge in [0.15, 0.2) is 5.82 Å². The first kappa shape index (κ1) is 13.7. The Balaban J connectivity index is 2.65. The van der Waals surface area contributed by atoms with Crippen LogP contribution in [-0.4, -0.2) is 36.1 Å². The molecule has 0 spiro atoms.